The van der Waals surface area contributed by atoms with Crippen molar-refractivity contribution < 1.29 is 0 Å². The number of fused-ring (bicyclic) bond motifs is 2. The zero-order chi connectivity index (χ0) is 47.7. The van der Waals surface area contributed by atoms with Crippen LogP contribution in [0.4, 0.5) is 5.69 Å². The number of hydrogen-bond donors (Lipinski definition) is 0. The molecule has 0 aromatic heterocycles. The van der Waals surface area contributed by atoms with Gasteiger partial charge in [-0.1, -0.05) is 259 Å². The SMILES string of the molecule is CPc1ccc2ccccc2c1-c1cccc2ccccc12.CPc1ccccc1-c1ccccc1.CPc1ccccc1-c1ccccc1C.CPc1ccccc1-c1ccccc1N(C)C. The van der Waals surface area contributed by atoms with Crippen molar-refractivity contribution in [3.63, 3.8) is 0 Å². The molecule has 68 heavy (non-hydrogen) atoms. The number of aryl methyl sites for hydroxylation is 1. The van der Waals surface area contributed by atoms with Crippen LogP contribution in [0.2, 0.25) is 0 Å². The molecule has 10 aromatic rings. The number of rotatable bonds is 9. The van der Waals surface area contributed by atoms with E-state index in [0.717, 1.165) is 34.3 Å². The van der Waals surface area contributed by atoms with Crippen molar-refractivity contribution >= 4 is 82.8 Å². The molecule has 0 amide bonds. The number of para-hydroxylation sites is 1. The molecule has 0 saturated heterocycles. The molecule has 0 N–H and O–H groups in total. The van der Waals surface area contributed by atoms with Gasteiger partial charge in [0.1, 0.15) is 0 Å². The Hall–Kier alpha value is -5.76. The third kappa shape index (κ3) is 12.5. The average molecular weight is 958 g/mol. The molecule has 0 spiro atoms. The maximum absolute atomic E-state index is 2.29. The van der Waals surface area contributed by atoms with Gasteiger partial charge in [-0.25, -0.2) is 0 Å². The van der Waals surface area contributed by atoms with E-state index >= 15 is 0 Å². The van der Waals surface area contributed by atoms with E-state index in [0.29, 0.717) is 0 Å². The summed E-state index contributed by atoms with van der Waals surface area (Å²) in [5.41, 5.74) is 13.5. The minimum absolute atomic E-state index is 0.789. The summed E-state index contributed by atoms with van der Waals surface area (Å²) in [5, 5.41) is 11.1. The fourth-order valence-corrected chi connectivity index (χ4v) is 11.7. The highest BCUT2D eigenvalue weighted by molar-refractivity contribution is 7.47. The van der Waals surface area contributed by atoms with Gasteiger partial charge < -0.3 is 4.90 Å². The van der Waals surface area contributed by atoms with Gasteiger partial charge in [-0.2, -0.15) is 0 Å². The minimum atomic E-state index is 0.789. The summed E-state index contributed by atoms with van der Waals surface area (Å²) in [7, 11) is 7.51. The van der Waals surface area contributed by atoms with Gasteiger partial charge in [0.25, 0.3) is 0 Å². The van der Waals surface area contributed by atoms with Crippen LogP contribution < -0.4 is 26.1 Å². The first kappa shape index (κ1) is 50.1. The number of hydrogen-bond acceptors (Lipinski definition) is 1. The smallest absolute Gasteiger partial charge is 0.0440 e. The van der Waals surface area contributed by atoms with Crippen LogP contribution in [0.3, 0.4) is 0 Å². The van der Waals surface area contributed by atoms with E-state index in [4.69, 9.17) is 0 Å². The second kappa shape index (κ2) is 25.6. The Morgan fingerprint density at radius 2 is 0.706 bits per heavy atom. The van der Waals surface area contributed by atoms with E-state index in [2.05, 4.69) is 283 Å². The van der Waals surface area contributed by atoms with Gasteiger partial charge in [0, 0.05) is 25.3 Å². The van der Waals surface area contributed by atoms with Crippen molar-refractivity contribution in [2.24, 2.45) is 0 Å². The lowest BCUT2D eigenvalue weighted by atomic mass is 9.94. The first-order valence-corrected chi connectivity index (χ1v) is 29.2. The summed E-state index contributed by atoms with van der Waals surface area (Å²) in [6, 6.07) is 82.2. The standard InChI is InChI=1S/C21H17P.C15H18NP.C14H15P.C13H13P/c1-22-20-14-13-16-8-3-5-11-18(16)21(20)19-12-6-9-15-7-2-4-10-17(15)19;1-16(2)14-10-6-4-8-12(14)13-9-5-7-11-15(13)17-3;1-11-7-3-4-8-12(11)13-9-5-6-10-14(13)15-2;1-14-13-10-6-5-9-12(13)11-7-3-2-4-8-11/h2-14,22H,1H3;4-11,17H,1-3H3;3-10,15H,1-2H3;2-10,14H,1H3. The first-order chi connectivity index (χ1) is 33.4. The molecule has 1 nitrogen and oxygen atoms in total. The zero-order valence-electron chi connectivity index (χ0n) is 40.4. The van der Waals surface area contributed by atoms with Crippen LogP contribution in [0.25, 0.3) is 66.1 Å². The summed E-state index contributed by atoms with van der Waals surface area (Å²) in [5.74, 6) is 0. The maximum Gasteiger partial charge on any atom is 0.0440 e. The van der Waals surface area contributed by atoms with E-state index < -0.39 is 0 Å². The molecule has 0 aliphatic carbocycles. The molecule has 0 bridgehead atoms. The quantitative estimate of drug-likeness (QED) is 0.130. The van der Waals surface area contributed by atoms with Crippen molar-refractivity contribution in [3.8, 4) is 44.5 Å². The highest BCUT2D eigenvalue weighted by Crippen LogP contribution is 2.35. The fourth-order valence-electron chi connectivity index (χ4n) is 8.62. The second-order valence-electron chi connectivity index (χ2n) is 16.5. The van der Waals surface area contributed by atoms with Crippen LogP contribution in [-0.4, -0.2) is 40.8 Å². The van der Waals surface area contributed by atoms with E-state index in [1.54, 1.807) is 0 Å². The van der Waals surface area contributed by atoms with Crippen molar-refractivity contribution in [2.45, 2.75) is 6.92 Å². The van der Waals surface area contributed by atoms with Crippen LogP contribution in [0.1, 0.15) is 5.56 Å². The molecule has 10 rings (SSSR count). The Morgan fingerprint density at radius 1 is 0.294 bits per heavy atom. The third-order valence-corrected chi connectivity index (χ3v) is 15.9. The van der Waals surface area contributed by atoms with Crippen LogP contribution >= 0.6 is 34.3 Å². The average Bonchev–Trinajstić information content (AvgIpc) is 3.41. The predicted molar refractivity (Wildman–Crippen MR) is 317 cm³/mol. The lowest BCUT2D eigenvalue weighted by Gasteiger charge is -2.19. The van der Waals surface area contributed by atoms with Crippen LogP contribution in [0, 0.1) is 6.92 Å². The molecular weight excluding hydrogens is 895 g/mol. The molecule has 0 aliphatic heterocycles. The Labute approximate surface area is 413 Å². The van der Waals surface area contributed by atoms with Gasteiger partial charge in [0.2, 0.25) is 0 Å². The summed E-state index contributed by atoms with van der Waals surface area (Å²) in [6.45, 7) is 11.1. The number of nitrogens with zero attached hydrogens (tertiary/aromatic N) is 1. The van der Waals surface area contributed by atoms with Crippen molar-refractivity contribution in [3.05, 3.63) is 236 Å². The predicted octanol–water partition coefficient (Wildman–Crippen LogP) is 15.8. The molecule has 4 atom stereocenters. The van der Waals surface area contributed by atoms with Gasteiger partial charge in [0.05, 0.1) is 0 Å². The van der Waals surface area contributed by atoms with Crippen LogP contribution in [-0.2, 0) is 0 Å². The normalized spacial score (nSPS) is 11.2. The molecule has 0 fully saturated rings. The topological polar surface area (TPSA) is 3.24 Å². The highest BCUT2D eigenvalue weighted by atomic mass is 31.1. The fraction of sp³-hybridized carbons (Fsp3) is 0.111. The Balaban J connectivity index is 0.000000137. The van der Waals surface area contributed by atoms with E-state index in [9.17, 15) is 0 Å². The monoisotopic (exact) mass is 957 g/mol. The van der Waals surface area contributed by atoms with Crippen molar-refractivity contribution in [2.75, 3.05) is 45.7 Å². The molecule has 5 heteroatoms. The molecule has 0 heterocycles. The van der Waals surface area contributed by atoms with E-state index in [1.807, 2.05) is 0 Å². The van der Waals surface area contributed by atoms with Gasteiger partial charge in [0.15, 0.2) is 0 Å². The van der Waals surface area contributed by atoms with Crippen LogP contribution in [0.15, 0.2) is 231 Å². The van der Waals surface area contributed by atoms with Gasteiger partial charge >= 0.3 is 0 Å². The summed E-state index contributed by atoms with van der Waals surface area (Å²) in [4.78, 5) is 2.17. The van der Waals surface area contributed by atoms with Gasteiger partial charge in [-0.05, 0) is 127 Å². The molecule has 10 aromatic carbocycles. The van der Waals surface area contributed by atoms with E-state index in [1.165, 1.54) is 98.5 Å². The first-order valence-electron chi connectivity index (χ1n) is 23.2. The molecule has 0 aliphatic rings. The van der Waals surface area contributed by atoms with Crippen LogP contribution in [0.5, 0.6) is 0 Å². The lowest BCUT2D eigenvalue weighted by Crippen LogP contribution is -2.11. The van der Waals surface area contributed by atoms with E-state index in [-0.39, 0.29) is 0 Å². The Morgan fingerprint density at radius 3 is 1.29 bits per heavy atom. The molecule has 340 valence electrons. The van der Waals surface area contributed by atoms with Gasteiger partial charge in [-0.3, -0.25) is 0 Å². The molecule has 0 saturated carbocycles. The van der Waals surface area contributed by atoms with Crippen molar-refractivity contribution in [1.29, 1.82) is 0 Å². The Bertz CT molecular complexity index is 3170. The number of anilines is 1. The zero-order valence-corrected chi connectivity index (χ0v) is 44.4. The maximum atomic E-state index is 2.29. The minimum Gasteiger partial charge on any atom is -0.377 e. The van der Waals surface area contributed by atoms with Crippen molar-refractivity contribution in [1.82, 2.24) is 0 Å². The summed E-state index contributed by atoms with van der Waals surface area (Å²) >= 11 is 0. The Kier molecular flexibility index (Phi) is 18.8. The van der Waals surface area contributed by atoms with Gasteiger partial charge in [-0.15, -0.1) is 0 Å². The second-order valence-corrected chi connectivity index (χ2v) is 20.6. The number of benzene rings is 10. The molecule has 0 radical (unpaired) electrons. The lowest BCUT2D eigenvalue weighted by molar-refractivity contribution is 1.13. The highest BCUT2D eigenvalue weighted by Gasteiger charge is 2.12. The molecule has 4 unspecified atom stereocenters. The third-order valence-electron chi connectivity index (χ3n) is 12.0. The summed E-state index contributed by atoms with van der Waals surface area (Å²) in [6.07, 6.45) is 0. The summed E-state index contributed by atoms with van der Waals surface area (Å²) < 4.78 is 0. The largest absolute Gasteiger partial charge is 0.377 e. The molecular formula is C63H63NP4.